The molecule has 28 heavy (non-hydrogen) atoms. The number of pyridine rings is 1. The lowest BCUT2D eigenvalue weighted by Crippen LogP contribution is -2.20. The van der Waals surface area contributed by atoms with Gasteiger partial charge in [0.05, 0.1) is 0 Å². The third-order valence-electron chi connectivity index (χ3n) is 4.94. The summed E-state index contributed by atoms with van der Waals surface area (Å²) in [6, 6.07) is 7.66. The van der Waals surface area contributed by atoms with E-state index in [4.69, 9.17) is 0 Å². The van der Waals surface area contributed by atoms with Crippen molar-refractivity contribution in [2.75, 3.05) is 0 Å². The van der Waals surface area contributed by atoms with E-state index in [0.717, 1.165) is 36.4 Å². The molecule has 0 fully saturated rings. The number of aromatic nitrogens is 1. The van der Waals surface area contributed by atoms with Crippen LogP contribution in [0.1, 0.15) is 55.1 Å². The first-order chi connectivity index (χ1) is 13.3. The molecule has 7 heteroatoms. The van der Waals surface area contributed by atoms with E-state index in [2.05, 4.69) is 22.5 Å². The van der Waals surface area contributed by atoms with Gasteiger partial charge < -0.3 is 10.6 Å². The summed E-state index contributed by atoms with van der Waals surface area (Å²) in [6.45, 7) is 4.07. The van der Waals surface area contributed by atoms with Crippen LogP contribution in [0.4, 0.5) is 17.6 Å². The first-order valence-corrected chi connectivity index (χ1v) is 9.28. The highest BCUT2D eigenvalue weighted by atomic mass is 19.4. The van der Waals surface area contributed by atoms with Gasteiger partial charge in [-0.1, -0.05) is 19.1 Å². The van der Waals surface area contributed by atoms with Gasteiger partial charge in [0.2, 0.25) is 0 Å². The summed E-state index contributed by atoms with van der Waals surface area (Å²) < 4.78 is 52.9. The van der Waals surface area contributed by atoms with Crippen molar-refractivity contribution in [3.8, 4) is 0 Å². The molecule has 1 aliphatic rings. The summed E-state index contributed by atoms with van der Waals surface area (Å²) in [7, 11) is 0. The molecule has 3 nitrogen and oxygen atoms in total. The number of nitrogens with zero attached hydrogens (tertiary/aromatic N) is 1. The van der Waals surface area contributed by atoms with Crippen molar-refractivity contribution < 1.29 is 17.6 Å². The number of halogens is 4. The van der Waals surface area contributed by atoms with Crippen molar-refractivity contribution in [3.63, 3.8) is 0 Å². The van der Waals surface area contributed by atoms with Crippen LogP contribution in [0.2, 0.25) is 0 Å². The number of alkyl halides is 3. The highest BCUT2D eigenvalue weighted by Crippen LogP contribution is 2.28. The average molecular weight is 393 g/mol. The predicted octanol–water partition coefficient (Wildman–Crippen LogP) is 5.09. The van der Waals surface area contributed by atoms with Gasteiger partial charge in [-0.05, 0) is 48.2 Å². The van der Waals surface area contributed by atoms with Crippen molar-refractivity contribution in [1.82, 2.24) is 15.6 Å². The second kappa shape index (κ2) is 8.20. The van der Waals surface area contributed by atoms with Crippen molar-refractivity contribution >= 4 is 0 Å². The zero-order valence-electron chi connectivity index (χ0n) is 15.8. The molecule has 0 saturated carbocycles. The molecule has 2 unspecified atom stereocenters. The van der Waals surface area contributed by atoms with Gasteiger partial charge in [0.15, 0.2) is 0 Å². The van der Waals surface area contributed by atoms with Crippen LogP contribution < -0.4 is 10.6 Å². The van der Waals surface area contributed by atoms with E-state index >= 15 is 0 Å². The van der Waals surface area contributed by atoms with Crippen LogP contribution in [-0.4, -0.2) is 11.0 Å². The van der Waals surface area contributed by atoms with E-state index in [0.29, 0.717) is 17.2 Å². The molecular formula is C21H23F4N3. The lowest BCUT2D eigenvalue weighted by molar-refractivity contribution is -0.141. The van der Waals surface area contributed by atoms with Gasteiger partial charge in [-0.25, -0.2) is 4.39 Å². The fourth-order valence-corrected chi connectivity index (χ4v) is 3.26. The van der Waals surface area contributed by atoms with E-state index in [1.165, 1.54) is 12.1 Å². The molecule has 0 spiro atoms. The molecule has 2 heterocycles. The molecule has 0 aliphatic carbocycles. The Kier molecular flexibility index (Phi) is 5.91. The lowest BCUT2D eigenvalue weighted by Gasteiger charge is -2.18. The Balaban J connectivity index is 1.69. The van der Waals surface area contributed by atoms with Gasteiger partial charge in [0, 0.05) is 43.0 Å². The van der Waals surface area contributed by atoms with Gasteiger partial charge in [-0.15, -0.1) is 0 Å². The summed E-state index contributed by atoms with van der Waals surface area (Å²) >= 11 is 0. The topological polar surface area (TPSA) is 37.0 Å². The van der Waals surface area contributed by atoms with Crippen molar-refractivity contribution in [3.05, 3.63) is 76.6 Å². The largest absolute Gasteiger partial charge is 0.433 e. The fourth-order valence-electron chi connectivity index (χ4n) is 3.26. The van der Waals surface area contributed by atoms with E-state index in [1.807, 2.05) is 19.2 Å². The van der Waals surface area contributed by atoms with Gasteiger partial charge in [-0.3, -0.25) is 4.98 Å². The number of hydrogen-bond donors (Lipinski definition) is 2. The SMILES string of the molecule is CCC1CC(NC(C)c2ccc(Cc3ccnc(C(F)(F)F)c3)c(F)c2)=CN1. The van der Waals surface area contributed by atoms with Gasteiger partial charge in [-0.2, -0.15) is 13.2 Å². The first kappa shape index (κ1) is 20.2. The van der Waals surface area contributed by atoms with Crippen molar-refractivity contribution in [2.45, 2.75) is 51.4 Å². The molecule has 0 bridgehead atoms. The number of benzene rings is 1. The molecule has 0 radical (unpaired) electrons. The average Bonchev–Trinajstić information content (AvgIpc) is 3.10. The molecule has 1 aromatic heterocycles. The standard InChI is InChI=1S/C21H23F4N3/c1-3-17-11-18(12-27-17)28-13(2)15-4-5-16(19(22)10-15)8-14-6-7-26-20(9-14)21(23,24)25/h4-7,9-10,12-13,17,27-28H,3,8,11H2,1-2H3. The molecular weight excluding hydrogens is 370 g/mol. The minimum absolute atomic E-state index is 0.0762. The fraction of sp³-hybridized carbons (Fsp3) is 0.381. The Morgan fingerprint density at radius 1 is 1.25 bits per heavy atom. The summed E-state index contributed by atoms with van der Waals surface area (Å²) in [4.78, 5) is 3.33. The lowest BCUT2D eigenvalue weighted by atomic mass is 10.00. The minimum Gasteiger partial charge on any atom is -0.386 e. The van der Waals surface area contributed by atoms with E-state index in [-0.39, 0.29) is 12.5 Å². The van der Waals surface area contributed by atoms with Crippen molar-refractivity contribution in [1.29, 1.82) is 0 Å². The highest BCUT2D eigenvalue weighted by Gasteiger charge is 2.32. The number of nitrogens with one attached hydrogen (secondary N) is 2. The molecule has 1 aliphatic heterocycles. The zero-order chi connectivity index (χ0) is 20.3. The van der Waals surface area contributed by atoms with E-state index < -0.39 is 17.7 Å². The maximum absolute atomic E-state index is 14.6. The molecule has 2 atom stereocenters. The Morgan fingerprint density at radius 2 is 2.04 bits per heavy atom. The second-order valence-corrected chi connectivity index (χ2v) is 7.09. The van der Waals surface area contributed by atoms with Gasteiger partial charge in [0.25, 0.3) is 0 Å². The summed E-state index contributed by atoms with van der Waals surface area (Å²) in [6.07, 6.45) is 0.558. The van der Waals surface area contributed by atoms with Crippen LogP contribution in [0.3, 0.4) is 0 Å². The number of hydrogen-bond acceptors (Lipinski definition) is 3. The Morgan fingerprint density at radius 3 is 2.68 bits per heavy atom. The third-order valence-corrected chi connectivity index (χ3v) is 4.94. The van der Waals surface area contributed by atoms with E-state index in [1.54, 1.807) is 6.07 Å². The zero-order valence-corrected chi connectivity index (χ0v) is 15.8. The molecule has 2 N–H and O–H groups in total. The Bertz CT molecular complexity index is 861. The molecule has 2 aromatic rings. The molecule has 150 valence electrons. The van der Waals surface area contributed by atoms with Crippen LogP contribution in [0.5, 0.6) is 0 Å². The molecule has 0 amide bonds. The maximum Gasteiger partial charge on any atom is 0.433 e. The minimum atomic E-state index is -4.51. The third kappa shape index (κ3) is 4.82. The predicted molar refractivity (Wildman–Crippen MR) is 99.9 cm³/mol. The van der Waals surface area contributed by atoms with Crippen LogP contribution in [0.15, 0.2) is 48.4 Å². The first-order valence-electron chi connectivity index (χ1n) is 9.28. The Hall–Kier alpha value is -2.57. The second-order valence-electron chi connectivity index (χ2n) is 7.09. The monoisotopic (exact) mass is 393 g/mol. The summed E-state index contributed by atoms with van der Waals surface area (Å²) in [5, 5.41) is 6.67. The van der Waals surface area contributed by atoms with Crippen LogP contribution in [0.25, 0.3) is 0 Å². The summed E-state index contributed by atoms with van der Waals surface area (Å²) in [5.41, 5.74) is 1.62. The quantitative estimate of drug-likeness (QED) is 0.671. The summed E-state index contributed by atoms with van der Waals surface area (Å²) in [5.74, 6) is -0.429. The molecule has 1 aromatic carbocycles. The highest BCUT2D eigenvalue weighted by molar-refractivity contribution is 5.32. The maximum atomic E-state index is 14.6. The Labute approximate surface area is 161 Å². The number of rotatable bonds is 6. The van der Waals surface area contributed by atoms with Crippen LogP contribution >= 0.6 is 0 Å². The molecule has 3 rings (SSSR count). The van der Waals surface area contributed by atoms with Crippen LogP contribution in [-0.2, 0) is 12.6 Å². The normalized spacial score (nSPS) is 17.8. The van der Waals surface area contributed by atoms with Gasteiger partial charge in [0.1, 0.15) is 11.5 Å². The smallest absolute Gasteiger partial charge is 0.386 e. The van der Waals surface area contributed by atoms with Crippen LogP contribution in [0, 0.1) is 5.82 Å². The molecule has 0 saturated heterocycles. The van der Waals surface area contributed by atoms with E-state index in [9.17, 15) is 17.6 Å². The van der Waals surface area contributed by atoms with Gasteiger partial charge >= 0.3 is 6.18 Å². The van der Waals surface area contributed by atoms with Crippen molar-refractivity contribution in [2.24, 2.45) is 0 Å².